The summed E-state index contributed by atoms with van der Waals surface area (Å²) in [6.45, 7) is 5.92. The Balaban J connectivity index is 2.92. The zero-order valence-electron chi connectivity index (χ0n) is 14.1. The van der Waals surface area contributed by atoms with Gasteiger partial charge in [-0.25, -0.2) is 4.39 Å². The van der Waals surface area contributed by atoms with E-state index in [0.717, 1.165) is 0 Å². The Morgan fingerprint density at radius 3 is 0.957 bits per heavy atom. The zero-order valence-corrected chi connectivity index (χ0v) is 14.1. The highest BCUT2D eigenvalue weighted by Gasteiger charge is 1.94. The number of hydrogen-bond acceptors (Lipinski definition) is 7. The minimum Gasteiger partial charge on any atom is -0.382 e. The van der Waals surface area contributed by atoms with E-state index in [1.807, 2.05) is 0 Å². The Morgan fingerprint density at radius 2 is 0.696 bits per heavy atom. The fraction of sp³-hybridized carbons (Fsp3) is 1.00. The summed E-state index contributed by atoms with van der Waals surface area (Å²) < 4.78 is 47.9. The molecular weight excluding hydrogens is 311 g/mol. The molecule has 0 aliphatic heterocycles. The molecule has 0 aliphatic carbocycles. The first kappa shape index (κ1) is 22.6. The van der Waals surface area contributed by atoms with Crippen molar-refractivity contribution in [2.75, 3.05) is 99.7 Å². The highest BCUT2D eigenvalue weighted by molar-refractivity contribution is 4.36. The summed E-state index contributed by atoms with van der Waals surface area (Å²) >= 11 is 0. The number of ether oxygens (including phenoxy) is 7. The predicted molar refractivity (Wildman–Crippen MR) is 82.8 cm³/mol. The summed E-state index contributed by atoms with van der Waals surface area (Å²) in [5.74, 6) is 0. The van der Waals surface area contributed by atoms with Gasteiger partial charge < -0.3 is 33.2 Å². The van der Waals surface area contributed by atoms with E-state index in [4.69, 9.17) is 33.2 Å². The van der Waals surface area contributed by atoms with E-state index < -0.39 is 6.67 Å². The third kappa shape index (κ3) is 21.6. The molecule has 0 N–H and O–H groups in total. The Morgan fingerprint density at radius 1 is 0.435 bits per heavy atom. The lowest BCUT2D eigenvalue weighted by atomic mass is 10.7. The molecule has 0 spiro atoms. The van der Waals surface area contributed by atoms with Gasteiger partial charge in [-0.05, 0) is 0 Å². The van der Waals surface area contributed by atoms with Crippen molar-refractivity contribution in [1.29, 1.82) is 0 Å². The van der Waals surface area contributed by atoms with Crippen LogP contribution in [0.5, 0.6) is 0 Å². The zero-order chi connectivity index (χ0) is 16.8. The van der Waals surface area contributed by atoms with Crippen LogP contribution in [0.25, 0.3) is 0 Å². The van der Waals surface area contributed by atoms with Crippen molar-refractivity contribution in [2.45, 2.75) is 0 Å². The second-order valence-electron chi connectivity index (χ2n) is 4.36. The van der Waals surface area contributed by atoms with Gasteiger partial charge in [-0.3, -0.25) is 0 Å². The van der Waals surface area contributed by atoms with Crippen molar-refractivity contribution < 1.29 is 37.5 Å². The molecule has 8 heteroatoms. The van der Waals surface area contributed by atoms with Gasteiger partial charge in [-0.15, -0.1) is 0 Å². The number of halogens is 1. The van der Waals surface area contributed by atoms with Crippen molar-refractivity contribution >= 4 is 0 Å². The van der Waals surface area contributed by atoms with E-state index in [1.54, 1.807) is 7.11 Å². The maximum atomic E-state index is 11.7. The molecule has 0 bridgehead atoms. The monoisotopic (exact) mass is 342 g/mol. The van der Waals surface area contributed by atoms with Crippen LogP contribution in [0.4, 0.5) is 4.39 Å². The molecule has 0 aliphatic rings. The second-order valence-corrected chi connectivity index (χ2v) is 4.36. The molecule has 23 heavy (non-hydrogen) atoms. The van der Waals surface area contributed by atoms with Gasteiger partial charge in [0.25, 0.3) is 0 Å². The van der Waals surface area contributed by atoms with Crippen molar-refractivity contribution in [3.63, 3.8) is 0 Å². The standard InChI is InChI=1S/C15H31FO7/c1-17-4-5-19-8-9-21-12-13-23-15-14-22-11-10-20-7-6-18-3-2-16/h2-15H2,1H3. The summed E-state index contributed by atoms with van der Waals surface area (Å²) in [6, 6.07) is 0. The number of rotatable bonds is 20. The molecule has 140 valence electrons. The third-order valence-electron chi connectivity index (χ3n) is 2.51. The van der Waals surface area contributed by atoms with E-state index in [1.165, 1.54) is 0 Å². The van der Waals surface area contributed by atoms with Gasteiger partial charge in [0.05, 0.1) is 85.9 Å². The van der Waals surface area contributed by atoms with E-state index in [9.17, 15) is 4.39 Å². The highest BCUT2D eigenvalue weighted by atomic mass is 19.1. The first-order chi connectivity index (χ1) is 11.4. The average molecular weight is 342 g/mol. The summed E-state index contributed by atoms with van der Waals surface area (Å²) in [6.07, 6.45) is 0. The van der Waals surface area contributed by atoms with Gasteiger partial charge in [0, 0.05) is 7.11 Å². The number of hydrogen-bond donors (Lipinski definition) is 0. The van der Waals surface area contributed by atoms with Crippen LogP contribution in [0, 0.1) is 0 Å². The number of methoxy groups -OCH3 is 1. The van der Waals surface area contributed by atoms with E-state index >= 15 is 0 Å². The molecule has 0 aromatic heterocycles. The molecule has 0 aromatic rings. The lowest BCUT2D eigenvalue weighted by Crippen LogP contribution is -2.14. The van der Waals surface area contributed by atoms with Crippen LogP contribution in [0.15, 0.2) is 0 Å². The van der Waals surface area contributed by atoms with Crippen LogP contribution in [0.1, 0.15) is 0 Å². The normalized spacial score (nSPS) is 11.2. The SMILES string of the molecule is COCCOCCOCCOCCOCCOCCOCCF. The maximum absolute atomic E-state index is 11.7. The minimum atomic E-state index is -0.462. The van der Waals surface area contributed by atoms with Gasteiger partial charge in [-0.1, -0.05) is 0 Å². The molecule has 7 nitrogen and oxygen atoms in total. The summed E-state index contributed by atoms with van der Waals surface area (Å²) in [4.78, 5) is 0. The molecule has 0 atom stereocenters. The quantitative estimate of drug-likeness (QED) is 0.302. The fourth-order valence-electron chi connectivity index (χ4n) is 1.40. The molecular formula is C15H31FO7. The molecule has 0 saturated heterocycles. The summed E-state index contributed by atoms with van der Waals surface area (Å²) in [5, 5.41) is 0. The summed E-state index contributed by atoms with van der Waals surface area (Å²) in [7, 11) is 1.64. The van der Waals surface area contributed by atoms with Crippen molar-refractivity contribution in [2.24, 2.45) is 0 Å². The molecule has 0 unspecified atom stereocenters. The molecule has 0 heterocycles. The molecule has 0 aromatic carbocycles. The number of alkyl halides is 1. The molecule has 0 radical (unpaired) electrons. The van der Waals surface area contributed by atoms with Crippen LogP contribution < -0.4 is 0 Å². The Bertz CT molecular complexity index is 190. The van der Waals surface area contributed by atoms with Crippen LogP contribution >= 0.6 is 0 Å². The van der Waals surface area contributed by atoms with Gasteiger partial charge in [0.15, 0.2) is 0 Å². The van der Waals surface area contributed by atoms with Crippen LogP contribution in [-0.4, -0.2) is 99.7 Å². The molecule has 0 saturated carbocycles. The van der Waals surface area contributed by atoms with Crippen molar-refractivity contribution in [1.82, 2.24) is 0 Å². The Labute approximate surface area is 138 Å². The Hall–Kier alpha value is -0.350. The van der Waals surface area contributed by atoms with E-state index in [0.29, 0.717) is 79.3 Å². The fourth-order valence-corrected chi connectivity index (χ4v) is 1.40. The van der Waals surface area contributed by atoms with Gasteiger partial charge >= 0.3 is 0 Å². The smallest absolute Gasteiger partial charge is 0.113 e. The minimum absolute atomic E-state index is 0.127. The maximum Gasteiger partial charge on any atom is 0.113 e. The Kier molecular flexibility index (Phi) is 21.3. The first-order valence-corrected chi connectivity index (χ1v) is 7.93. The summed E-state index contributed by atoms with van der Waals surface area (Å²) in [5.41, 5.74) is 0. The van der Waals surface area contributed by atoms with Crippen molar-refractivity contribution in [3.05, 3.63) is 0 Å². The topological polar surface area (TPSA) is 64.6 Å². The van der Waals surface area contributed by atoms with E-state index in [-0.39, 0.29) is 6.61 Å². The molecule has 0 rings (SSSR count). The van der Waals surface area contributed by atoms with Crippen LogP contribution in [0.2, 0.25) is 0 Å². The second kappa shape index (κ2) is 21.6. The first-order valence-electron chi connectivity index (χ1n) is 7.93. The third-order valence-corrected chi connectivity index (χ3v) is 2.51. The van der Waals surface area contributed by atoms with Gasteiger partial charge in [0.1, 0.15) is 6.67 Å². The molecule has 0 amide bonds. The average Bonchev–Trinajstić information content (AvgIpc) is 2.57. The predicted octanol–water partition coefficient (Wildman–Crippen LogP) is 0.702. The molecule has 0 fully saturated rings. The largest absolute Gasteiger partial charge is 0.382 e. The van der Waals surface area contributed by atoms with Crippen LogP contribution in [0.3, 0.4) is 0 Å². The van der Waals surface area contributed by atoms with Crippen LogP contribution in [-0.2, 0) is 33.2 Å². The van der Waals surface area contributed by atoms with E-state index in [2.05, 4.69) is 0 Å². The highest BCUT2D eigenvalue weighted by Crippen LogP contribution is 1.84. The van der Waals surface area contributed by atoms with Gasteiger partial charge in [-0.2, -0.15) is 0 Å². The lowest BCUT2D eigenvalue weighted by molar-refractivity contribution is -0.0194. The van der Waals surface area contributed by atoms with Gasteiger partial charge in [0.2, 0.25) is 0 Å². The van der Waals surface area contributed by atoms with Crippen molar-refractivity contribution in [3.8, 4) is 0 Å². The lowest BCUT2D eigenvalue weighted by Gasteiger charge is -2.08.